The molecule has 0 aliphatic heterocycles. The minimum Gasteiger partial charge on any atom is -0.358 e. The fourth-order valence-corrected chi connectivity index (χ4v) is 1.91. The quantitative estimate of drug-likeness (QED) is 0.876. The smallest absolute Gasteiger partial charge is 0.239 e. The Balaban J connectivity index is 2.07. The van der Waals surface area contributed by atoms with Gasteiger partial charge in [0.25, 0.3) is 0 Å². The first kappa shape index (κ1) is 12.8. The highest BCUT2D eigenvalue weighted by molar-refractivity contribution is 9.10. The highest BCUT2D eigenvalue weighted by Gasteiger charge is 2.07. The van der Waals surface area contributed by atoms with Crippen LogP contribution >= 0.6 is 15.9 Å². The Morgan fingerprint density at radius 2 is 2.39 bits per heavy atom. The van der Waals surface area contributed by atoms with Crippen molar-refractivity contribution in [2.75, 3.05) is 18.4 Å². The third-order valence-electron chi connectivity index (χ3n) is 2.33. The van der Waals surface area contributed by atoms with Crippen LogP contribution in [0.25, 0.3) is 5.65 Å². The summed E-state index contributed by atoms with van der Waals surface area (Å²) in [5.41, 5.74) is 0.696. The van der Waals surface area contributed by atoms with E-state index in [-0.39, 0.29) is 12.5 Å². The summed E-state index contributed by atoms with van der Waals surface area (Å²) in [6.07, 6.45) is 6.24. The summed E-state index contributed by atoms with van der Waals surface area (Å²) in [5, 5.41) is 5.78. The second-order valence-corrected chi connectivity index (χ2v) is 4.59. The first-order chi connectivity index (χ1) is 8.70. The Hall–Kier alpha value is -1.63. The van der Waals surface area contributed by atoms with Crippen LogP contribution in [0.3, 0.4) is 0 Å². The van der Waals surface area contributed by atoms with Crippen LogP contribution in [0, 0.1) is 0 Å². The number of rotatable bonds is 5. The summed E-state index contributed by atoms with van der Waals surface area (Å²) in [7, 11) is 0. The number of halogens is 1. The molecule has 7 heteroatoms. The fourth-order valence-electron chi connectivity index (χ4n) is 1.51. The highest BCUT2D eigenvalue weighted by Crippen LogP contribution is 2.16. The number of imidazole rings is 1. The second kappa shape index (κ2) is 5.81. The van der Waals surface area contributed by atoms with Crippen molar-refractivity contribution >= 4 is 33.3 Å². The van der Waals surface area contributed by atoms with Crippen molar-refractivity contribution in [2.45, 2.75) is 13.3 Å². The van der Waals surface area contributed by atoms with Crippen LogP contribution < -0.4 is 10.6 Å². The van der Waals surface area contributed by atoms with Gasteiger partial charge in [-0.05, 0) is 22.4 Å². The Bertz CT molecular complexity index is 553. The Morgan fingerprint density at radius 1 is 1.56 bits per heavy atom. The van der Waals surface area contributed by atoms with Gasteiger partial charge in [0, 0.05) is 25.1 Å². The highest BCUT2D eigenvalue weighted by atomic mass is 79.9. The van der Waals surface area contributed by atoms with Gasteiger partial charge in [-0.3, -0.25) is 4.79 Å². The molecule has 0 aliphatic rings. The van der Waals surface area contributed by atoms with Gasteiger partial charge < -0.3 is 15.0 Å². The summed E-state index contributed by atoms with van der Waals surface area (Å²) in [5.74, 6) is 0.532. The van der Waals surface area contributed by atoms with E-state index in [1.807, 2.05) is 23.7 Å². The van der Waals surface area contributed by atoms with Crippen molar-refractivity contribution < 1.29 is 4.79 Å². The van der Waals surface area contributed by atoms with E-state index in [9.17, 15) is 4.79 Å². The van der Waals surface area contributed by atoms with Gasteiger partial charge in [-0.1, -0.05) is 6.92 Å². The van der Waals surface area contributed by atoms with Crippen LogP contribution in [-0.4, -0.2) is 33.4 Å². The zero-order chi connectivity index (χ0) is 13.0. The average Bonchev–Trinajstić information content (AvgIpc) is 2.81. The molecule has 2 rings (SSSR count). The largest absolute Gasteiger partial charge is 0.358 e. The predicted octanol–water partition coefficient (Wildman–Crippen LogP) is 1.43. The van der Waals surface area contributed by atoms with Crippen LogP contribution in [0.4, 0.5) is 5.82 Å². The van der Waals surface area contributed by atoms with E-state index in [4.69, 9.17) is 0 Å². The number of carbonyl (C=O) groups is 1. The topological polar surface area (TPSA) is 71.3 Å². The van der Waals surface area contributed by atoms with Gasteiger partial charge in [0.1, 0.15) is 4.60 Å². The van der Waals surface area contributed by atoms with Gasteiger partial charge in [-0.25, -0.2) is 9.97 Å². The summed E-state index contributed by atoms with van der Waals surface area (Å²) >= 11 is 3.32. The summed E-state index contributed by atoms with van der Waals surface area (Å²) in [4.78, 5) is 19.9. The van der Waals surface area contributed by atoms with Crippen LogP contribution in [-0.2, 0) is 4.79 Å². The first-order valence-electron chi connectivity index (χ1n) is 5.70. The summed E-state index contributed by atoms with van der Waals surface area (Å²) in [6, 6.07) is 0. The van der Waals surface area contributed by atoms with E-state index >= 15 is 0 Å². The van der Waals surface area contributed by atoms with E-state index in [2.05, 4.69) is 36.5 Å². The lowest BCUT2D eigenvalue weighted by molar-refractivity contribution is -0.119. The second-order valence-electron chi connectivity index (χ2n) is 3.77. The van der Waals surface area contributed by atoms with Crippen LogP contribution in [0.1, 0.15) is 13.3 Å². The van der Waals surface area contributed by atoms with Crippen molar-refractivity contribution in [3.05, 3.63) is 23.2 Å². The normalized spacial score (nSPS) is 10.6. The molecule has 0 spiro atoms. The molecule has 0 aliphatic carbocycles. The molecule has 18 heavy (non-hydrogen) atoms. The van der Waals surface area contributed by atoms with Gasteiger partial charge in [-0.2, -0.15) is 0 Å². The van der Waals surface area contributed by atoms with Crippen LogP contribution in [0.15, 0.2) is 23.2 Å². The molecule has 2 aromatic rings. The van der Waals surface area contributed by atoms with Crippen molar-refractivity contribution in [2.24, 2.45) is 0 Å². The Kier molecular flexibility index (Phi) is 4.14. The molecule has 0 saturated carbocycles. The monoisotopic (exact) mass is 311 g/mol. The lowest BCUT2D eigenvalue weighted by Gasteiger charge is -2.07. The number of aromatic nitrogens is 3. The van der Waals surface area contributed by atoms with Gasteiger partial charge in [0.15, 0.2) is 11.5 Å². The molecular weight excluding hydrogens is 298 g/mol. The zero-order valence-electron chi connectivity index (χ0n) is 9.98. The van der Waals surface area contributed by atoms with E-state index in [1.54, 1.807) is 6.20 Å². The van der Waals surface area contributed by atoms with Crippen LogP contribution in [0.2, 0.25) is 0 Å². The van der Waals surface area contributed by atoms with E-state index in [1.165, 1.54) is 0 Å². The van der Waals surface area contributed by atoms with Crippen molar-refractivity contribution in [3.8, 4) is 0 Å². The number of anilines is 1. The van der Waals surface area contributed by atoms with Gasteiger partial charge in [-0.15, -0.1) is 0 Å². The lowest BCUT2D eigenvalue weighted by Crippen LogP contribution is -2.30. The summed E-state index contributed by atoms with van der Waals surface area (Å²) < 4.78 is 2.52. The van der Waals surface area contributed by atoms with E-state index in [0.29, 0.717) is 22.6 Å². The van der Waals surface area contributed by atoms with Crippen molar-refractivity contribution in [1.29, 1.82) is 0 Å². The minimum atomic E-state index is -0.0525. The molecule has 2 N–H and O–H groups in total. The average molecular weight is 312 g/mol. The lowest BCUT2D eigenvalue weighted by atomic mass is 10.4. The maximum atomic E-state index is 11.5. The molecule has 2 heterocycles. The number of nitrogens with zero attached hydrogens (tertiary/aromatic N) is 3. The maximum Gasteiger partial charge on any atom is 0.239 e. The number of amides is 1. The molecule has 0 radical (unpaired) electrons. The molecule has 1 amide bonds. The molecule has 0 atom stereocenters. The summed E-state index contributed by atoms with van der Waals surface area (Å²) in [6.45, 7) is 2.88. The molecule has 6 nitrogen and oxygen atoms in total. The molecule has 2 aromatic heterocycles. The van der Waals surface area contributed by atoms with Gasteiger partial charge >= 0.3 is 0 Å². The molecule has 0 unspecified atom stereocenters. The predicted molar refractivity (Wildman–Crippen MR) is 72.5 cm³/mol. The Labute approximate surface area is 113 Å². The molecular formula is C11H14BrN5O. The fraction of sp³-hybridized carbons (Fsp3) is 0.364. The third kappa shape index (κ3) is 2.98. The number of nitrogens with one attached hydrogen (secondary N) is 2. The van der Waals surface area contributed by atoms with E-state index < -0.39 is 0 Å². The van der Waals surface area contributed by atoms with E-state index in [0.717, 1.165) is 6.42 Å². The van der Waals surface area contributed by atoms with Crippen molar-refractivity contribution in [3.63, 3.8) is 0 Å². The number of fused-ring (bicyclic) bond motifs is 1. The van der Waals surface area contributed by atoms with Gasteiger partial charge in [0.05, 0.1) is 6.54 Å². The van der Waals surface area contributed by atoms with Crippen molar-refractivity contribution in [1.82, 2.24) is 19.7 Å². The zero-order valence-corrected chi connectivity index (χ0v) is 11.6. The molecule has 96 valence electrons. The molecule has 0 fully saturated rings. The van der Waals surface area contributed by atoms with Gasteiger partial charge in [0.2, 0.25) is 5.91 Å². The number of carbonyl (C=O) groups excluding carboxylic acids is 1. The standard InChI is InChI=1S/C11H14BrN5O/c1-2-3-13-9(18)6-15-10-11-14-4-5-17(11)7-8(12)16-10/h4-5,7H,2-3,6H2,1H3,(H,13,18)(H,15,16). The number of hydrogen-bond acceptors (Lipinski definition) is 4. The Morgan fingerprint density at radius 3 is 3.17 bits per heavy atom. The molecule has 0 bridgehead atoms. The molecule has 0 saturated heterocycles. The third-order valence-corrected chi connectivity index (χ3v) is 2.72. The van der Waals surface area contributed by atoms with Crippen LogP contribution in [0.5, 0.6) is 0 Å². The maximum absolute atomic E-state index is 11.5. The molecule has 0 aromatic carbocycles. The number of hydrogen-bond donors (Lipinski definition) is 2. The first-order valence-corrected chi connectivity index (χ1v) is 6.49. The minimum absolute atomic E-state index is 0.0525. The SMILES string of the molecule is CCCNC(=O)CNc1nc(Br)cn2ccnc12.